The van der Waals surface area contributed by atoms with E-state index >= 15 is 0 Å². The van der Waals surface area contributed by atoms with Crippen molar-refractivity contribution >= 4 is 31.9 Å². The third kappa shape index (κ3) is 5.40. The van der Waals surface area contributed by atoms with E-state index in [9.17, 15) is 0 Å². The molecule has 17 heavy (non-hydrogen) atoms. The van der Waals surface area contributed by atoms with Gasteiger partial charge in [-0.3, -0.25) is 0 Å². The first-order chi connectivity index (χ1) is 8.17. The Hall–Kier alpha value is -0.0600. The van der Waals surface area contributed by atoms with Gasteiger partial charge < -0.3 is 10.1 Å². The van der Waals surface area contributed by atoms with E-state index < -0.39 is 0 Å². The molecular formula is C13H19Br2NO. The Labute approximate surface area is 120 Å². The second-order valence-corrected chi connectivity index (χ2v) is 6.08. The van der Waals surface area contributed by atoms with Crippen LogP contribution in [0.25, 0.3) is 0 Å². The normalized spacial score (nSPS) is 12.5. The third-order valence-corrected chi connectivity index (χ3v) is 4.52. The molecule has 0 heterocycles. The van der Waals surface area contributed by atoms with Gasteiger partial charge in [0.25, 0.3) is 0 Å². The molecule has 0 spiro atoms. The molecule has 0 aromatic heterocycles. The summed E-state index contributed by atoms with van der Waals surface area (Å²) >= 11 is 7.18. The second kappa shape index (κ2) is 8.11. The van der Waals surface area contributed by atoms with E-state index in [-0.39, 0.29) is 0 Å². The highest BCUT2D eigenvalue weighted by Gasteiger charge is 2.03. The molecule has 4 heteroatoms. The van der Waals surface area contributed by atoms with Gasteiger partial charge in [0.05, 0.1) is 7.11 Å². The van der Waals surface area contributed by atoms with Gasteiger partial charge in [0, 0.05) is 15.8 Å². The number of hydrogen-bond donors (Lipinski definition) is 1. The maximum absolute atomic E-state index is 5.22. The summed E-state index contributed by atoms with van der Waals surface area (Å²) < 4.78 is 6.34. The first-order valence-corrected chi connectivity index (χ1v) is 7.55. The molecule has 0 fully saturated rings. The van der Waals surface area contributed by atoms with Crippen LogP contribution in [-0.2, 0) is 6.54 Å². The Morgan fingerprint density at radius 3 is 2.82 bits per heavy atom. The molecule has 0 aliphatic heterocycles. The van der Waals surface area contributed by atoms with E-state index in [4.69, 9.17) is 4.74 Å². The molecule has 0 saturated carbocycles. The van der Waals surface area contributed by atoms with E-state index in [2.05, 4.69) is 50.2 Å². The molecule has 1 atom stereocenters. The number of hydrogen-bond acceptors (Lipinski definition) is 2. The summed E-state index contributed by atoms with van der Waals surface area (Å²) in [6, 6.07) is 6.04. The number of halogens is 2. The van der Waals surface area contributed by atoms with Crippen molar-refractivity contribution in [3.63, 3.8) is 0 Å². The zero-order valence-electron chi connectivity index (χ0n) is 10.3. The van der Waals surface area contributed by atoms with Crippen molar-refractivity contribution in [3.05, 3.63) is 28.2 Å². The molecule has 1 N–H and O–H groups in total. The Morgan fingerprint density at radius 2 is 2.18 bits per heavy atom. The van der Waals surface area contributed by atoms with Crippen molar-refractivity contribution in [2.24, 2.45) is 0 Å². The van der Waals surface area contributed by atoms with Crippen LogP contribution in [0.15, 0.2) is 22.7 Å². The minimum atomic E-state index is 0.615. The quantitative estimate of drug-likeness (QED) is 0.580. The molecule has 0 aliphatic rings. The number of nitrogens with one attached hydrogen (secondary N) is 1. The van der Waals surface area contributed by atoms with Gasteiger partial charge in [-0.15, -0.1) is 0 Å². The lowest BCUT2D eigenvalue weighted by Gasteiger charge is -2.10. The standard InChI is InChI=1S/C13H19Br2NO/c1-3-11(14)6-7-16-9-10-8-12(17-2)4-5-13(10)15/h4-5,8,11,16H,3,6-7,9H2,1-2H3. The van der Waals surface area contributed by atoms with Crippen LogP contribution in [0.4, 0.5) is 0 Å². The first kappa shape index (κ1) is 15.0. The van der Waals surface area contributed by atoms with Gasteiger partial charge in [-0.05, 0) is 43.1 Å². The van der Waals surface area contributed by atoms with Gasteiger partial charge in [-0.25, -0.2) is 0 Å². The Balaban J connectivity index is 2.40. The fraction of sp³-hybridized carbons (Fsp3) is 0.538. The summed E-state index contributed by atoms with van der Waals surface area (Å²) in [6.45, 7) is 4.08. The van der Waals surface area contributed by atoms with Crippen LogP contribution < -0.4 is 10.1 Å². The van der Waals surface area contributed by atoms with Crippen molar-refractivity contribution in [1.29, 1.82) is 0 Å². The van der Waals surface area contributed by atoms with E-state index in [1.54, 1.807) is 7.11 Å². The highest BCUT2D eigenvalue weighted by molar-refractivity contribution is 9.10. The Kier molecular flexibility index (Phi) is 7.16. The van der Waals surface area contributed by atoms with Gasteiger partial charge in [0.15, 0.2) is 0 Å². The molecule has 1 aromatic rings. The minimum Gasteiger partial charge on any atom is -0.497 e. The van der Waals surface area contributed by atoms with Crippen LogP contribution in [-0.4, -0.2) is 18.5 Å². The average molecular weight is 365 g/mol. The van der Waals surface area contributed by atoms with Crippen LogP contribution in [0.5, 0.6) is 5.75 Å². The van der Waals surface area contributed by atoms with Crippen molar-refractivity contribution in [1.82, 2.24) is 5.32 Å². The highest BCUT2D eigenvalue weighted by Crippen LogP contribution is 2.22. The molecule has 96 valence electrons. The van der Waals surface area contributed by atoms with Crippen molar-refractivity contribution < 1.29 is 4.74 Å². The molecule has 1 aromatic carbocycles. The van der Waals surface area contributed by atoms with Crippen LogP contribution in [0.3, 0.4) is 0 Å². The van der Waals surface area contributed by atoms with E-state index in [0.717, 1.165) is 29.7 Å². The maximum Gasteiger partial charge on any atom is 0.119 e. The molecule has 0 aliphatic carbocycles. The van der Waals surface area contributed by atoms with Crippen LogP contribution in [0.1, 0.15) is 25.3 Å². The van der Waals surface area contributed by atoms with Crippen LogP contribution >= 0.6 is 31.9 Å². The number of benzene rings is 1. The van der Waals surface area contributed by atoms with Gasteiger partial charge in [-0.1, -0.05) is 38.8 Å². The van der Waals surface area contributed by atoms with E-state index in [0.29, 0.717) is 4.83 Å². The van der Waals surface area contributed by atoms with Gasteiger partial charge >= 0.3 is 0 Å². The average Bonchev–Trinajstić information content (AvgIpc) is 2.36. The first-order valence-electron chi connectivity index (χ1n) is 5.84. The lowest BCUT2D eigenvalue weighted by Crippen LogP contribution is -2.17. The maximum atomic E-state index is 5.22. The van der Waals surface area contributed by atoms with Crippen molar-refractivity contribution in [3.8, 4) is 5.75 Å². The second-order valence-electron chi connectivity index (χ2n) is 3.93. The summed E-state index contributed by atoms with van der Waals surface area (Å²) in [6.07, 6.45) is 2.32. The van der Waals surface area contributed by atoms with Gasteiger partial charge in [0.1, 0.15) is 5.75 Å². The van der Waals surface area contributed by atoms with Crippen molar-refractivity contribution in [2.45, 2.75) is 31.1 Å². The SMILES string of the molecule is CCC(Br)CCNCc1cc(OC)ccc1Br. The number of methoxy groups -OCH3 is 1. The van der Waals surface area contributed by atoms with E-state index in [1.165, 1.54) is 12.0 Å². The molecule has 1 unspecified atom stereocenters. The summed E-state index contributed by atoms with van der Waals surface area (Å²) in [4.78, 5) is 0.615. The zero-order valence-corrected chi connectivity index (χ0v) is 13.5. The van der Waals surface area contributed by atoms with Gasteiger partial charge in [-0.2, -0.15) is 0 Å². The summed E-state index contributed by atoms with van der Waals surface area (Å²) in [5.74, 6) is 0.900. The predicted octanol–water partition coefficient (Wildman–Crippen LogP) is 4.11. The number of alkyl halides is 1. The summed E-state index contributed by atoms with van der Waals surface area (Å²) in [5, 5.41) is 3.44. The Bertz CT molecular complexity index is 344. The fourth-order valence-corrected chi connectivity index (χ4v) is 2.12. The molecule has 0 bridgehead atoms. The lowest BCUT2D eigenvalue weighted by atomic mass is 10.2. The number of rotatable bonds is 7. The minimum absolute atomic E-state index is 0.615. The van der Waals surface area contributed by atoms with Crippen molar-refractivity contribution in [2.75, 3.05) is 13.7 Å². The Morgan fingerprint density at radius 1 is 1.41 bits per heavy atom. The molecule has 1 rings (SSSR count). The number of ether oxygens (including phenoxy) is 1. The summed E-state index contributed by atoms with van der Waals surface area (Å²) in [7, 11) is 1.69. The molecule has 0 radical (unpaired) electrons. The molecule has 0 saturated heterocycles. The molecular weight excluding hydrogens is 346 g/mol. The van der Waals surface area contributed by atoms with Crippen LogP contribution in [0, 0.1) is 0 Å². The topological polar surface area (TPSA) is 21.3 Å². The third-order valence-electron chi connectivity index (χ3n) is 2.65. The van der Waals surface area contributed by atoms with E-state index in [1.807, 2.05) is 12.1 Å². The van der Waals surface area contributed by atoms with Crippen LogP contribution in [0.2, 0.25) is 0 Å². The smallest absolute Gasteiger partial charge is 0.119 e. The summed E-state index contributed by atoms with van der Waals surface area (Å²) in [5.41, 5.74) is 1.23. The largest absolute Gasteiger partial charge is 0.497 e. The highest BCUT2D eigenvalue weighted by atomic mass is 79.9. The predicted molar refractivity (Wildman–Crippen MR) is 80.0 cm³/mol. The molecule has 0 amide bonds. The van der Waals surface area contributed by atoms with Gasteiger partial charge in [0.2, 0.25) is 0 Å². The lowest BCUT2D eigenvalue weighted by molar-refractivity contribution is 0.414. The fourth-order valence-electron chi connectivity index (χ4n) is 1.50. The molecule has 2 nitrogen and oxygen atoms in total. The monoisotopic (exact) mass is 363 g/mol. The zero-order chi connectivity index (χ0) is 12.7.